The minimum Gasteiger partial charge on any atom is -0.395 e. The summed E-state index contributed by atoms with van der Waals surface area (Å²) in [6, 6.07) is 3.89. The zero-order chi connectivity index (χ0) is 15.2. The van der Waals surface area contributed by atoms with E-state index < -0.39 is 11.6 Å². The molecule has 1 amide bonds. The lowest BCUT2D eigenvalue weighted by atomic mass is 10.1. The van der Waals surface area contributed by atoms with Crippen LogP contribution in [0.4, 0.5) is 8.78 Å². The topological polar surface area (TPSA) is 43.8 Å². The SMILES string of the molecule is O=C(Cc1cccc(F)c1F)N1CCCN(CCO)CC1. The number of hydrogen-bond acceptors (Lipinski definition) is 3. The number of carbonyl (C=O) groups excluding carboxylic acids is 1. The quantitative estimate of drug-likeness (QED) is 0.903. The molecule has 0 saturated carbocycles. The van der Waals surface area contributed by atoms with Gasteiger partial charge in [0.05, 0.1) is 13.0 Å². The van der Waals surface area contributed by atoms with Gasteiger partial charge in [-0.15, -0.1) is 0 Å². The van der Waals surface area contributed by atoms with Gasteiger partial charge in [0.25, 0.3) is 0 Å². The highest BCUT2D eigenvalue weighted by molar-refractivity contribution is 5.78. The first-order chi connectivity index (χ1) is 10.1. The monoisotopic (exact) mass is 298 g/mol. The molecule has 0 aromatic heterocycles. The summed E-state index contributed by atoms with van der Waals surface area (Å²) in [6.45, 7) is 3.38. The van der Waals surface area contributed by atoms with Crippen LogP contribution in [-0.2, 0) is 11.2 Å². The van der Waals surface area contributed by atoms with Crippen LogP contribution in [0.15, 0.2) is 18.2 Å². The Labute approximate surface area is 123 Å². The molecule has 1 N–H and O–H groups in total. The van der Waals surface area contributed by atoms with Crippen LogP contribution < -0.4 is 0 Å². The van der Waals surface area contributed by atoms with Gasteiger partial charge < -0.3 is 10.0 Å². The summed E-state index contributed by atoms with van der Waals surface area (Å²) in [6.07, 6.45) is 0.695. The van der Waals surface area contributed by atoms with Crippen molar-refractivity contribution in [1.82, 2.24) is 9.80 Å². The summed E-state index contributed by atoms with van der Waals surface area (Å²) < 4.78 is 26.7. The highest BCUT2D eigenvalue weighted by Crippen LogP contribution is 2.14. The van der Waals surface area contributed by atoms with E-state index in [0.717, 1.165) is 19.0 Å². The largest absolute Gasteiger partial charge is 0.395 e. The van der Waals surface area contributed by atoms with Gasteiger partial charge in [0.15, 0.2) is 11.6 Å². The van der Waals surface area contributed by atoms with Crippen molar-refractivity contribution in [3.63, 3.8) is 0 Å². The van der Waals surface area contributed by atoms with E-state index in [2.05, 4.69) is 4.90 Å². The van der Waals surface area contributed by atoms with Crippen molar-refractivity contribution in [1.29, 1.82) is 0 Å². The minimum atomic E-state index is -0.942. The maximum atomic E-state index is 13.6. The molecule has 4 nitrogen and oxygen atoms in total. The molecule has 1 aliphatic heterocycles. The van der Waals surface area contributed by atoms with Crippen LogP contribution in [0.3, 0.4) is 0 Å². The lowest BCUT2D eigenvalue weighted by molar-refractivity contribution is -0.130. The first-order valence-electron chi connectivity index (χ1n) is 7.15. The van der Waals surface area contributed by atoms with Crippen molar-refractivity contribution in [3.8, 4) is 0 Å². The molecule has 6 heteroatoms. The summed E-state index contributed by atoms with van der Waals surface area (Å²) in [5, 5.41) is 8.94. The van der Waals surface area contributed by atoms with Gasteiger partial charge in [-0.05, 0) is 19.0 Å². The Morgan fingerprint density at radius 1 is 1.19 bits per heavy atom. The van der Waals surface area contributed by atoms with Crippen LogP contribution >= 0.6 is 0 Å². The van der Waals surface area contributed by atoms with E-state index in [9.17, 15) is 13.6 Å². The number of benzene rings is 1. The first-order valence-corrected chi connectivity index (χ1v) is 7.15. The van der Waals surface area contributed by atoms with Gasteiger partial charge in [-0.1, -0.05) is 12.1 Å². The van der Waals surface area contributed by atoms with Gasteiger partial charge >= 0.3 is 0 Å². The van der Waals surface area contributed by atoms with E-state index in [1.54, 1.807) is 4.90 Å². The van der Waals surface area contributed by atoms with Gasteiger partial charge in [0.2, 0.25) is 5.91 Å². The van der Waals surface area contributed by atoms with Crippen LogP contribution in [0, 0.1) is 11.6 Å². The van der Waals surface area contributed by atoms with Gasteiger partial charge in [-0.25, -0.2) is 8.78 Å². The fraction of sp³-hybridized carbons (Fsp3) is 0.533. The van der Waals surface area contributed by atoms with Crippen molar-refractivity contribution in [2.75, 3.05) is 39.3 Å². The molecule has 0 unspecified atom stereocenters. The highest BCUT2D eigenvalue weighted by atomic mass is 19.2. The third-order valence-corrected chi connectivity index (χ3v) is 3.73. The van der Waals surface area contributed by atoms with Crippen LogP contribution in [0.5, 0.6) is 0 Å². The second-order valence-corrected chi connectivity index (χ2v) is 5.19. The molecule has 1 heterocycles. The van der Waals surface area contributed by atoms with E-state index in [0.29, 0.717) is 26.2 Å². The minimum absolute atomic E-state index is 0.0939. The molecule has 0 bridgehead atoms. The maximum absolute atomic E-state index is 13.6. The molecule has 1 saturated heterocycles. The fourth-order valence-corrected chi connectivity index (χ4v) is 2.55. The lowest BCUT2D eigenvalue weighted by Gasteiger charge is -2.21. The number of β-amino-alcohol motifs (C(OH)–C–C–N with tert-alkyl or cyclic N) is 1. The van der Waals surface area contributed by atoms with Crippen LogP contribution in [-0.4, -0.2) is 60.1 Å². The first kappa shape index (κ1) is 15.9. The predicted octanol–water partition coefficient (Wildman–Crippen LogP) is 1.03. The number of hydrogen-bond donors (Lipinski definition) is 1. The molecule has 1 fully saturated rings. The van der Waals surface area contributed by atoms with E-state index >= 15 is 0 Å². The van der Waals surface area contributed by atoms with Crippen molar-refractivity contribution < 1.29 is 18.7 Å². The molecule has 1 aromatic carbocycles. The number of carbonyl (C=O) groups is 1. The van der Waals surface area contributed by atoms with E-state index in [-0.39, 0.29) is 24.5 Å². The summed E-state index contributed by atoms with van der Waals surface area (Å²) >= 11 is 0. The van der Waals surface area contributed by atoms with Crippen LogP contribution in [0.2, 0.25) is 0 Å². The molecule has 2 rings (SSSR count). The maximum Gasteiger partial charge on any atom is 0.227 e. The number of nitrogens with zero attached hydrogens (tertiary/aromatic N) is 2. The van der Waals surface area contributed by atoms with E-state index in [1.165, 1.54) is 12.1 Å². The zero-order valence-electron chi connectivity index (χ0n) is 11.9. The van der Waals surface area contributed by atoms with E-state index in [1.807, 2.05) is 0 Å². The molecule has 0 spiro atoms. The number of halogens is 2. The standard InChI is InChI=1S/C15H20F2N2O2/c16-13-4-1-3-12(15(13)17)11-14(21)19-6-2-5-18(7-8-19)9-10-20/h1,3-4,20H,2,5-11H2. The van der Waals surface area contributed by atoms with Crippen LogP contribution in [0.1, 0.15) is 12.0 Å². The van der Waals surface area contributed by atoms with Crippen molar-refractivity contribution in [2.45, 2.75) is 12.8 Å². The van der Waals surface area contributed by atoms with Gasteiger partial charge in [-0.2, -0.15) is 0 Å². The lowest BCUT2D eigenvalue weighted by Crippen LogP contribution is -2.36. The third-order valence-electron chi connectivity index (χ3n) is 3.73. The number of aliphatic hydroxyl groups excluding tert-OH is 1. The summed E-state index contributed by atoms with van der Waals surface area (Å²) in [5.74, 6) is -2.06. The molecule has 0 atom stereocenters. The van der Waals surface area contributed by atoms with Crippen molar-refractivity contribution in [3.05, 3.63) is 35.4 Å². The molecular weight excluding hydrogens is 278 g/mol. The summed E-state index contributed by atoms with van der Waals surface area (Å²) in [4.78, 5) is 16.0. The molecule has 0 aliphatic carbocycles. The number of aliphatic hydroxyl groups is 1. The average Bonchev–Trinajstić information content (AvgIpc) is 2.70. The summed E-state index contributed by atoms with van der Waals surface area (Å²) in [5.41, 5.74) is 0.0939. The smallest absolute Gasteiger partial charge is 0.227 e. The van der Waals surface area contributed by atoms with Gasteiger partial charge in [0, 0.05) is 31.7 Å². The second-order valence-electron chi connectivity index (χ2n) is 5.19. The van der Waals surface area contributed by atoms with Crippen molar-refractivity contribution in [2.24, 2.45) is 0 Å². The Kier molecular flexibility index (Phi) is 5.64. The predicted molar refractivity (Wildman–Crippen MR) is 74.8 cm³/mol. The molecular formula is C15H20F2N2O2. The van der Waals surface area contributed by atoms with E-state index in [4.69, 9.17) is 5.11 Å². The highest BCUT2D eigenvalue weighted by Gasteiger charge is 2.20. The molecule has 1 aromatic rings. The Morgan fingerprint density at radius 2 is 2.00 bits per heavy atom. The molecule has 21 heavy (non-hydrogen) atoms. The Balaban J connectivity index is 1.95. The Hall–Kier alpha value is -1.53. The Morgan fingerprint density at radius 3 is 2.76 bits per heavy atom. The Bertz CT molecular complexity index is 497. The van der Waals surface area contributed by atoms with Crippen molar-refractivity contribution >= 4 is 5.91 Å². The number of rotatable bonds is 4. The van der Waals surface area contributed by atoms with Crippen LogP contribution in [0.25, 0.3) is 0 Å². The fourth-order valence-electron chi connectivity index (χ4n) is 2.55. The number of amides is 1. The third kappa shape index (κ3) is 4.22. The van der Waals surface area contributed by atoms with Gasteiger partial charge in [-0.3, -0.25) is 9.69 Å². The molecule has 116 valence electrons. The van der Waals surface area contributed by atoms with Gasteiger partial charge in [0.1, 0.15) is 0 Å². The average molecular weight is 298 g/mol. The normalized spacial score (nSPS) is 16.8. The second kappa shape index (κ2) is 7.47. The zero-order valence-corrected chi connectivity index (χ0v) is 11.9. The molecule has 1 aliphatic rings. The summed E-state index contributed by atoms with van der Waals surface area (Å²) in [7, 11) is 0. The molecule has 0 radical (unpaired) electrons.